The fraction of sp³-hybridized carbons (Fsp3) is 0. The first-order valence-electron chi connectivity index (χ1n) is 16.9. The van der Waals surface area contributed by atoms with E-state index in [0.29, 0.717) is 17.5 Å². The minimum Gasteiger partial charge on any atom is -0.456 e. The molecule has 10 rings (SSSR count). The Morgan fingerprint density at radius 2 is 0.882 bits per heavy atom. The molecular formula is C45H28N4O2. The van der Waals surface area contributed by atoms with Crippen LogP contribution in [0.1, 0.15) is 0 Å². The molecule has 0 spiro atoms. The lowest BCUT2D eigenvalue weighted by Gasteiger charge is -2.25. The van der Waals surface area contributed by atoms with Crippen molar-refractivity contribution in [1.29, 1.82) is 0 Å². The number of anilines is 3. The summed E-state index contributed by atoms with van der Waals surface area (Å²) in [6.45, 7) is 0. The molecule has 0 amide bonds. The summed E-state index contributed by atoms with van der Waals surface area (Å²) in [5, 5.41) is 4.29. The highest BCUT2D eigenvalue weighted by molar-refractivity contribution is 6.09. The summed E-state index contributed by atoms with van der Waals surface area (Å²) in [5.41, 5.74) is 8.93. The summed E-state index contributed by atoms with van der Waals surface area (Å²) in [4.78, 5) is 17.3. The van der Waals surface area contributed by atoms with Crippen LogP contribution in [0.3, 0.4) is 0 Å². The third kappa shape index (κ3) is 5.01. The number of para-hydroxylation sites is 4. The van der Waals surface area contributed by atoms with Gasteiger partial charge in [0.1, 0.15) is 22.3 Å². The summed E-state index contributed by atoms with van der Waals surface area (Å²) in [5.74, 6) is 1.73. The van der Waals surface area contributed by atoms with Gasteiger partial charge in [0, 0.05) is 55.8 Å². The summed E-state index contributed by atoms with van der Waals surface area (Å²) < 4.78 is 12.7. The standard InChI is InChI=1S/C45H28N4O2/c1-3-12-29(13-4-1)43-46-44(48-45(47-43)38-19-11-18-37-35-17-8-10-21-40(35)51-42(37)38)30-22-24-32(25-23-30)49(31-14-5-2-6-15-31)33-26-27-36-34-16-7-9-20-39(34)50-41(36)28-33/h1-28H. The van der Waals surface area contributed by atoms with Gasteiger partial charge in [-0.15, -0.1) is 0 Å². The van der Waals surface area contributed by atoms with E-state index in [1.165, 1.54) is 0 Å². The van der Waals surface area contributed by atoms with Crippen molar-refractivity contribution in [2.45, 2.75) is 0 Å². The van der Waals surface area contributed by atoms with Crippen LogP contribution in [-0.4, -0.2) is 15.0 Å². The van der Waals surface area contributed by atoms with Crippen LogP contribution in [0.4, 0.5) is 17.1 Å². The summed E-state index contributed by atoms with van der Waals surface area (Å²) in [6.07, 6.45) is 0. The molecule has 0 saturated carbocycles. The molecule has 3 heterocycles. The number of hydrogen-bond acceptors (Lipinski definition) is 6. The summed E-state index contributed by atoms with van der Waals surface area (Å²) >= 11 is 0. The Hall–Kier alpha value is -7.05. The second kappa shape index (κ2) is 11.8. The van der Waals surface area contributed by atoms with Crippen molar-refractivity contribution in [3.05, 3.63) is 170 Å². The molecular weight excluding hydrogens is 629 g/mol. The zero-order chi connectivity index (χ0) is 33.7. The lowest BCUT2D eigenvalue weighted by Crippen LogP contribution is -2.09. The first-order chi connectivity index (χ1) is 25.3. The Morgan fingerprint density at radius 1 is 0.353 bits per heavy atom. The molecule has 0 bridgehead atoms. The van der Waals surface area contributed by atoms with Crippen molar-refractivity contribution in [3.63, 3.8) is 0 Å². The second-order valence-electron chi connectivity index (χ2n) is 12.4. The number of nitrogens with zero attached hydrogens (tertiary/aromatic N) is 4. The number of benzene rings is 7. The predicted molar refractivity (Wildman–Crippen MR) is 205 cm³/mol. The summed E-state index contributed by atoms with van der Waals surface area (Å²) in [6, 6.07) is 57.5. The van der Waals surface area contributed by atoms with Gasteiger partial charge in [-0.1, -0.05) is 97.1 Å². The zero-order valence-electron chi connectivity index (χ0n) is 27.3. The van der Waals surface area contributed by atoms with Crippen molar-refractivity contribution in [2.24, 2.45) is 0 Å². The number of hydrogen-bond donors (Lipinski definition) is 0. The van der Waals surface area contributed by atoms with Gasteiger partial charge in [0.15, 0.2) is 17.5 Å². The molecule has 3 aromatic heterocycles. The van der Waals surface area contributed by atoms with E-state index < -0.39 is 0 Å². The van der Waals surface area contributed by atoms with Crippen molar-refractivity contribution in [3.8, 4) is 34.2 Å². The molecule has 0 aliphatic carbocycles. The van der Waals surface area contributed by atoms with E-state index in [-0.39, 0.29) is 0 Å². The van der Waals surface area contributed by atoms with Gasteiger partial charge in [-0.3, -0.25) is 0 Å². The molecule has 0 unspecified atom stereocenters. The molecule has 0 aliphatic rings. The molecule has 6 heteroatoms. The Balaban J connectivity index is 1.10. The maximum Gasteiger partial charge on any atom is 0.167 e. The number of fused-ring (bicyclic) bond motifs is 6. The van der Waals surface area contributed by atoms with E-state index >= 15 is 0 Å². The average Bonchev–Trinajstić information content (AvgIpc) is 3.77. The SMILES string of the molecule is c1ccc(-c2nc(-c3ccc(N(c4ccccc4)c4ccc5c(c4)oc4ccccc45)cc3)nc(-c3cccc4c3oc3ccccc34)n2)cc1. The van der Waals surface area contributed by atoms with E-state index in [4.69, 9.17) is 23.8 Å². The smallest absolute Gasteiger partial charge is 0.167 e. The topological polar surface area (TPSA) is 68.2 Å². The average molecular weight is 657 g/mol. The lowest BCUT2D eigenvalue weighted by molar-refractivity contribution is 0.669. The molecule has 7 aromatic carbocycles. The number of aromatic nitrogens is 3. The van der Waals surface area contributed by atoms with Gasteiger partial charge in [-0.05, 0) is 66.7 Å². The van der Waals surface area contributed by atoms with Gasteiger partial charge in [-0.2, -0.15) is 0 Å². The van der Waals surface area contributed by atoms with Crippen LogP contribution in [0.5, 0.6) is 0 Å². The van der Waals surface area contributed by atoms with E-state index in [9.17, 15) is 0 Å². The molecule has 51 heavy (non-hydrogen) atoms. The van der Waals surface area contributed by atoms with Crippen LogP contribution in [0.15, 0.2) is 179 Å². The quantitative estimate of drug-likeness (QED) is 0.177. The highest BCUT2D eigenvalue weighted by atomic mass is 16.3. The van der Waals surface area contributed by atoms with E-state index in [0.717, 1.165) is 77.6 Å². The van der Waals surface area contributed by atoms with Crippen LogP contribution in [0, 0.1) is 0 Å². The van der Waals surface area contributed by atoms with E-state index in [1.54, 1.807) is 0 Å². The van der Waals surface area contributed by atoms with Crippen LogP contribution in [0.2, 0.25) is 0 Å². The highest BCUT2D eigenvalue weighted by Crippen LogP contribution is 2.40. The molecule has 0 radical (unpaired) electrons. The third-order valence-corrected chi connectivity index (χ3v) is 9.33. The molecule has 0 aliphatic heterocycles. The third-order valence-electron chi connectivity index (χ3n) is 9.33. The Kier molecular flexibility index (Phi) is 6.70. The van der Waals surface area contributed by atoms with Gasteiger partial charge in [0.05, 0.1) is 5.56 Å². The lowest BCUT2D eigenvalue weighted by atomic mass is 10.1. The number of furan rings is 2. The fourth-order valence-corrected chi connectivity index (χ4v) is 6.90. The number of rotatable bonds is 6. The molecule has 0 N–H and O–H groups in total. The molecule has 0 fully saturated rings. The van der Waals surface area contributed by atoms with Crippen LogP contribution in [0.25, 0.3) is 78.0 Å². The highest BCUT2D eigenvalue weighted by Gasteiger charge is 2.19. The normalized spacial score (nSPS) is 11.5. The summed E-state index contributed by atoms with van der Waals surface area (Å²) in [7, 11) is 0. The first kappa shape index (κ1) is 28.9. The Morgan fingerprint density at radius 3 is 1.63 bits per heavy atom. The molecule has 0 atom stereocenters. The molecule has 10 aromatic rings. The van der Waals surface area contributed by atoms with Gasteiger partial charge in [0.25, 0.3) is 0 Å². The van der Waals surface area contributed by atoms with Gasteiger partial charge in [-0.25, -0.2) is 15.0 Å². The Bertz CT molecular complexity index is 2860. The maximum atomic E-state index is 6.39. The van der Waals surface area contributed by atoms with E-state index in [1.807, 2.05) is 84.9 Å². The largest absolute Gasteiger partial charge is 0.456 e. The zero-order valence-corrected chi connectivity index (χ0v) is 27.3. The van der Waals surface area contributed by atoms with Crippen molar-refractivity contribution < 1.29 is 8.83 Å². The van der Waals surface area contributed by atoms with Crippen molar-refractivity contribution in [2.75, 3.05) is 4.90 Å². The minimum absolute atomic E-state index is 0.553. The monoisotopic (exact) mass is 656 g/mol. The maximum absolute atomic E-state index is 6.39. The van der Waals surface area contributed by atoms with Crippen molar-refractivity contribution >= 4 is 60.9 Å². The predicted octanol–water partition coefficient (Wildman–Crippen LogP) is 12.1. The van der Waals surface area contributed by atoms with Gasteiger partial charge in [0.2, 0.25) is 0 Å². The second-order valence-corrected chi connectivity index (χ2v) is 12.4. The van der Waals surface area contributed by atoms with Crippen LogP contribution >= 0.6 is 0 Å². The molecule has 6 nitrogen and oxygen atoms in total. The van der Waals surface area contributed by atoms with E-state index in [2.05, 4.69) is 89.8 Å². The van der Waals surface area contributed by atoms with Crippen LogP contribution < -0.4 is 4.90 Å². The van der Waals surface area contributed by atoms with Gasteiger partial charge >= 0.3 is 0 Å². The molecule has 0 saturated heterocycles. The van der Waals surface area contributed by atoms with Gasteiger partial charge < -0.3 is 13.7 Å². The van der Waals surface area contributed by atoms with Crippen molar-refractivity contribution in [1.82, 2.24) is 15.0 Å². The van der Waals surface area contributed by atoms with Crippen LogP contribution in [-0.2, 0) is 0 Å². The first-order valence-corrected chi connectivity index (χ1v) is 16.9. The molecule has 240 valence electrons. The fourth-order valence-electron chi connectivity index (χ4n) is 6.90. The minimum atomic E-state index is 0.553. The Labute approximate surface area is 292 Å².